The van der Waals surface area contributed by atoms with Crippen molar-refractivity contribution in [2.75, 3.05) is 45.5 Å². The van der Waals surface area contributed by atoms with Crippen molar-refractivity contribution in [3.05, 3.63) is 30.5 Å². The fourth-order valence-corrected chi connectivity index (χ4v) is 2.64. The van der Waals surface area contributed by atoms with Gasteiger partial charge in [0.05, 0.1) is 33.2 Å². The summed E-state index contributed by atoms with van der Waals surface area (Å²) in [6, 6.07) is 6.76. The summed E-state index contributed by atoms with van der Waals surface area (Å²) in [6.45, 7) is 0. The lowest BCUT2D eigenvalue weighted by Crippen LogP contribution is -2.29. The number of anilines is 3. The summed E-state index contributed by atoms with van der Waals surface area (Å²) >= 11 is 0. The number of hydrogen-bond donors (Lipinski definition) is 2. The van der Waals surface area contributed by atoms with Gasteiger partial charge in [0.25, 0.3) is 0 Å². The number of methoxy groups -OCH3 is 3. The van der Waals surface area contributed by atoms with Crippen LogP contribution in [0.5, 0.6) is 17.2 Å². The van der Waals surface area contributed by atoms with Gasteiger partial charge in [-0.1, -0.05) is 0 Å². The van der Waals surface area contributed by atoms with Crippen LogP contribution >= 0.6 is 0 Å². The molecule has 0 fully saturated rings. The predicted molar refractivity (Wildman–Crippen MR) is 99.8 cm³/mol. The first kappa shape index (κ1) is 19.6. The van der Waals surface area contributed by atoms with Gasteiger partial charge in [0, 0.05) is 31.9 Å². The van der Waals surface area contributed by atoms with Crippen LogP contribution in [-0.2, 0) is 10.2 Å². The lowest BCUT2D eigenvalue weighted by Gasteiger charge is -2.15. The van der Waals surface area contributed by atoms with Gasteiger partial charge in [0.1, 0.15) is 5.82 Å². The highest BCUT2D eigenvalue weighted by Crippen LogP contribution is 2.40. The summed E-state index contributed by atoms with van der Waals surface area (Å²) in [7, 11) is 3.88. The van der Waals surface area contributed by atoms with E-state index in [2.05, 4.69) is 15.0 Å². The molecule has 0 radical (unpaired) electrons. The minimum Gasteiger partial charge on any atom is -0.493 e. The van der Waals surface area contributed by atoms with Crippen LogP contribution in [0.15, 0.2) is 30.5 Å². The Morgan fingerprint density at radius 3 is 2.00 bits per heavy atom. The Morgan fingerprint density at radius 1 is 0.962 bits per heavy atom. The molecule has 26 heavy (non-hydrogen) atoms. The minimum absolute atomic E-state index is 0.217. The molecular weight excluding hydrogens is 360 g/mol. The van der Waals surface area contributed by atoms with Crippen molar-refractivity contribution in [3.63, 3.8) is 0 Å². The van der Waals surface area contributed by atoms with Gasteiger partial charge in [-0.3, -0.25) is 4.72 Å². The van der Waals surface area contributed by atoms with Gasteiger partial charge < -0.3 is 19.5 Å². The molecule has 1 heterocycles. The molecule has 1 aromatic heterocycles. The number of hydrogen-bond acceptors (Lipinski definition) is 7. The number of rotatable bonds is 8. The van der Waals surface area contributed by atoms with Crippen molar-refractivity contribution < 1.29 is 22.6 Å². The fraction of sp³-hybridized carbons (Fsp3) is 0.312. The molecule has 0 bridgehead atoms. The molecule has 0 unspecified atom stereocenters. The van der Waals surface area contributed by atoms with Gasteiger partial charge in [-0.15, -0.1) is 0 Å². The molecular formula is C16H22N4O5S. The number of nitrogens with zero attached hydrogens (tertiary/aromatic N) is 2. The van der Waals surface area contributed by atoms with E-state index in [-0.39, 0.29) is 5.82 Å². The second kappa shape index (κ2) is 8.11. The highest BCUT2D eigenvalue weighted by atomic mass is 32.2. The van der Waals surface area contributed by atoms with E-state index in [1.54, 1.807) is 24.3 Å². The first-order valence-electron chi connectivity index (χ1n) is 7.54. The molecule has 1 aromatic carbocycles. The molecule has 10 heteroatoms. The molecule has 2 rings (SSSR count). The number of pyridine rings is 1. The molecule has 0 saturated heterocycles. The molecule has 0 aliphatic rings. The summed E-state index contributed by atoms with van der Waals surface area (Å²) in [6.07, 6.45) is 1.51. The fourth-order valence-electron chi connectivity index (χ4n) is 2.07. The third kappa shape index (κ3) is 4.46. The van der Waals surface area contributed by atoms with Crippen molar-refractivity contribution in [2.24, 2.45) is 0 Å². The normalized spacial score (nSPS) is 11.2. The third-order valence-corrected chi connectivity index (χ3v) is 4.86. The van der Waals surface area contributed by atoms with E-state index in [0.29, 0.717) is 28.6 Å². The zero-order chi connectivity index (χ0) is 19.3. The standard InChI is InChI=1S/C16H22N4O5S/c1-20(2)26(21,22)19-15-7-6-11(10-17-15)18-12-8-13(23-3)16(25-5)14(9-12)24-4/h6-10,18H,1-5H3,(H,17,19). The van der Waals surface area contributed by atoms with Crippen LogP contribution in [-0.4, -0.2) is 53.1 Å². The van der Waals surface area contributed by atoms with Gasteiger partial charge >= 0.3 is 10.2 Å². The summed E-state index contributed by atoms with van der Waals surface area (Å²) in [4.78, 5) is 4.09. The average Bonchev–Trinajstić information content (AvgIpc) is 2.62. The largest absolute Gasteiger partial charge is 0.493 e. The molecule has 0 aliphatic heterocycles. The van der Waals surface area contributed by atoms with Crippen molar-refractivity contribution in [3.8, 4) is 17.2 Å². The Labute approximate surface area is 153 Å². The van der Waals surface area contributed by atoms with Gasteiger partial charge in [-0.05, 0) is 12.1 Å². The summed E-state index contributed by atoms with van der Waals surface area (Å²) in [5, 5.41) is 3.15. The van der Waals surface area contributed by atoms with Crippen molar-refractivity contribution in [2.45, 2.75) is 0 Å². The molecule has 9 nitrogen and oxygen atoms in total. The van der Waals surface area contributed by atoms with E-state index >= 15 is 0 Å². The second-order valence-electron chi connectivity index (χ2n) is 5.36. The van der Waals surface area contributed by atoms with Crippen molar-refractivity contribution >= 4 is 27.4 Å². The van der Waals surface area contributed by atoms with E-state index in [9.17, 15) is 8.42 Å². The lowest BCUT2D eigenvalue weighted by molar-refractivity contribution is 0.324. The van der Waals surface area contributed by atoms with Crippen LogP contribution in [0, 0.1) is 0 Å². The molecule has 0 spiro atoms. The van der Waals surface area contributed by atoms with Gasteiger partial charge in [0.2, 0.25) is 5.75 Å². The van der Waals surface area contributed by atoms with Crippen LogP contribution in [0.2, 0.25) is 0 Å². The van der Waals surface area contributed by atoms with E-state index in [1.165, 1.54) is 41.6 Å². The maximum Gasteiger partial charge on any atom is 0.302 e. The summed E-state index contributed by atoms with van der Waals surface area (Å²) in [5.41, 5.74) is 1.36. The molecule has 142 valence electrons. The Balaban J connectivity index is 2.21. The SMILES string of the molecule is COc1cc(Nc2ccc(NS(=O)(=O)N(C)C)nc2)cc(OC)c1OC. The Bertz CT molecular complexity index is 828. The predicted octanol–water partition coefficient (Wildman–Crippen LogP) is 2.07. The van der Waals surface area contributed by atoms with Gasteiger partial charge in [0.15, 0.2) is 11.5 Å². The second-order valence-corrected chi connectivity index (χ2v) is 7.25. The zero-order valence-corrected chi connectivity index (χ0v) is 16.0. The molecule has 0 amide bonds. The Morgan fingerprint density at radius 2 is 1.58 bits per heavy atom. The molecule has 2 aromatic rings. The monoisotopic (exact) mass is 382 g/mol. The van der Waals surface area contributed by atoms with Crippen LogP contribution in [0.1, 0.15) is 0 Å². The van der Waals surface area contributed by atoms with Crippen LogP contribution in [0.4, 0.5) is 17.2 Å². The van der Waals surface area contributed by atoms with Gasteiger partial charge in [-0.25, -0.2) is 4.98 Å². The first-order valence-corrected chi connectivity index (χ1v) is 8.98. The third-order valence-electron chi connectivity index (χ3n) is 3.43. The number of nitrogens with one attached hydrogen (secondary N) is 2. The highest BCUT2D eigenvalue weighted by Gasteiger charge is 2.15. The van der Waals surface area contributed by atoms with E-state index in [0.717, 1.165) is 4.31 Å². The Hall–Kier alpha value is -2.72. The smallest absolute Gasteiger partial charge is 0.302 e. The maximum absolute atomic E-state index is 11.8. The molecule has 2 N–H and O–H groups in total. The summed E-state index contributed by atoms with van der Waals surface area (Å²) in [5.74, 6) is 1.73. The van der Waals surface area contributed by atoms with Crippen LogP contribution in [0.3, 0.4) is 0 Å². The molecule has 0 aliphatic carbocycles. The number of aromatic nitrogens is 1. The Kier molecular flexibility index (Phi) is 6.11. The zero-order valence-electron chi connectivity index (χ0n) is 15.2. The first-order chi connectivity index (χ1) is 12.3. The minimum atomic E-state index is -3.60. The van der Waals surface area contributed by atoms with Gasteiger partial charge in [-0.2, -0.15) is 12.7 Å². The number of benzene rings is 1. The van der Waals surface area contributed by atoms with Crippen molar-refractivity contribution in [1.82, 2.24) is 9.29 Å². The van der Waals surface area contributed by atoms with E-state index < -0.39 is 10.2 Å². The van der Waals surface area contributed by atoms with Crippen molar-refractivity contribution in [1.29, 1.82) is 0 Å². The number of ether oxygens (including phenoxy) is 3. The van der Waals surface area contributed by atoms with E-state index in [1.807, 2.05) is 0 Å². The maximum atomic E-state index is 11.8. The van der Waals surface area contributed by atoms with Crippen LogP contribution in [0.25, 0.3) is 0 Å². The van der Waals surface area contributed by atoms with E-state index in [4.69, 9.17) is 14.2 Å². The summed E-state index contributed by atoms with van der Waals surface area (Å²) < 4.78 is 42.9. The quantitative estimate of drug-likeness (QED) is 0.720. The molecule has 0 atom stereocenters. The average molecular weight is 382 g/mol. The molecule has 0 saturated carbocycles. The van der Waals surface area contributed by atoms with Crippen LogP contribution < -0.4 is 24.2 Å². The highest BCUT2D eigenvalue weighted by molar-refractivity contribution is 7.90. The topological polar surface area (TPSA) is 102 Å². The lowest BCUT2D eigenvalue weighted by atomic mass is 10.2.